The fourth-order valence-electron chi connectivity index (χ4n) is 0.658. The molecular formula is C11H22N4O9S. The summed E-state index contributed by atoms with van der Waals surface area (Å²) in [6, 6.07) is -3.27. The summed E-state index contributed by atoms with van der Waals surface area (Å²) >= 11 is 3.65. The Balaban J connectivity index is -0.000000293. The average molecular weight is 386 g/mol. The molecule has 0 bridgehead atoms. The maximum absolute atomic E-state index is 9.99. The number of hydrogen-bond donors (Lipinski definition) is 9. The van der Waals surface area contributed by atoms with Gasteiger partial charge in [-0.1, -0.05) is 0 Å². The molecule has 1 amide bonds. The zero-order chi connectivity index (χ0) is 20.7. The van der Waals surface area contributed by atoms with Gasteiger partial charge in [-0.15, -0.1) is 0 Å². The van der Waals surface area contributed by atoms with Crippen LogP contribution in [0.4, 0.5) is 0 Å². The first-order chi connectivity index (χ1) is 11.3. The van der Waals surface area contributed by atoms with Crippen molar-refractivity contribution >= 4 is 42.4 Å². The normalized spacial score (nSPS) is 12.8. The van der Waals surface area contributed by atoms with Crippen molar-refractivity contribution in [3.8, 4) is 0 Å². The minimum absolute atomic E-state index is 0.190. The number of carboxylic acid groups (broad SMARTS) is 4. The van der Waals surface area contributed by atoms with Crippen molar-refractivity contribution in [2.45, 2.75) is 31.0 Å². The van der Waals surface area contributed by atoms with Crippen molar-refractivity contribution in [2.75, 3.05) is 5.75 Å². The quantitative estimate of drug-likeness (QED) is 0.184. The Morgan fingerprint density at radius 3 is 1.12 bits per heavy atom. The number of carbonyl (C=O) groups excluding carboxylic acids is 1. The van der Waals surface area contributed by atoms with Crippen LogP contribution in [0.2, 0.25) is 0 Å². The van der Waals surface area contributed by atoms with Crippen molar-refractivity contribution in [1.82, 2.24) is 0 Å². The number of aliphatic carboxylic acids is 4. The molecule has 14 heteroatoms. The van der Waals surface area contributed by atoms with Gasteiger partial charge in [0.05, 0.1) is 12.8 Å². The van der Waals surface area contributed by atoms with E-state index in [9.17, 15) is 24.0 Å². The Hall–Kier alpha value is -2.42. The molecule has 0 aliphatic carbocycles. The van der Waals surface area contributed by atoms with Gasteiger partial charge in [-0.3, -0.25) is 24.0 Å². The highest BCUT2D eigenvalue weighted by atomic mass is 32.1. The molecule has 0 aromatic carbocycles. The lowest BCUT2D eigenvalue weighted by atomic mass is 10.2. The number of primary amides is 1. The second-order valence-corrected chi connectivity index (χ2v) is 4.65. The third kappa shape index (κ3) is 21.6. The summed E-state index contributed by atoms with van der Waals surface area (Å²) in [4.78, 5) is 49.3. The monoisotopic (exact) mass is 386 g/mol. The van der Waals surface area contributed by atoms with Crippen LogP contribution in [-0.2, 0) is 24.0 Å². The van der Waals surface area contributed by atoms with Crippen molar-refractivity contribution in [1.29, 1.82) is 0 Å². The molecule has 0 radical (unpaired) electrons. The Kier molecular flexibility index (Phi) is 16.6. The van der Waals surface area contributed by atoms with Crippen LogP contribution in [0.1, 0.15) is 12.8 Å². The minimum Gasteiger partial charge on any atom is -0.481 e. The van der Waals surface area contributed by atoms with Gasteiger partial charge in [0.2, 0.25) is 5.91 Å². The molecule has 0 rings (SSSR count). The van der Waals surface area contributed by atoms with Crippen LogP contribution >= 0.6 is 12.6 Å². The van der Waals surface area contributed by atoms with E-state index in [1.54, 1.807) is 0 Å². The molecule has 0 aromatic rings. The topological polar surface area (TPSA) is 270 Å². The first-order valence-corrected chi connectivity index (χ1v) is 6.95. The summed E-state index contributed by atoms with van der Waals surface area (Å²) in [6.07, 6.45) is -0.843. The van der Waals surface area contributed by atoms with E-state index >= 15 is 0 Å². The highest BCUT2D eigenvalue weighted by molar-refractivity contribution is 7.80. The Bertz CT molecular complexity index is 442. The van der Waals surface area contributed by atoms with Crippen LogP contribution in [-0.4, -0.2) is 74.1 Å². The molecule has 0 aromatic heterocycles. The zero-order valence-corrected chi connectivity index (χ0v) is 13.8. The molecule has 0 spiro atoms. The maximum Gasteiger partial charge on any atom is 0.321 e. The molecule has 0 heterocycles. The van der Waals surface area contributed by atoms with Crippen LogP contribution in [0, 0.1) is 0 Å². The number of hydrogen-bond acceptors (Lipinski definition) is 9. The van der Waals surface area contributed by atoms with Crippen molar-refractivity contribution in [3.05, 3.63) is 0 Å². The fourth-order valence-corrected chi connectivity index (χ4v) is 0.814. The molecule has 3 atom stereocenters. The minimum atomic E-state index is -1.29. The lowest BCUT2D eigenvalue weighted by molar-refractivity contribution is -0.144. The van der Waals surface area contributed by atoms with E-state index in [0.717, 1.165) is 0 Å². The van der Waals surface area contributed by atoms with Gasteiger partial charge in [0.15, 0.2) is 0 Å². The number of rotatable bonds is 8. The number of thiol groups is 1. The zero-order valence-electron chi connectivity index (χ0n) is 12.9. The van der Waals surface area contributed by atoms with Gasteiger partial charge in [0, 0.05) is 5.75 Å². The molecule has 12 N–H and O–H groups in total. The molecule has 25 heavy (non-hydrogen) atoms. The Morgan fingerprint density at radius 2 is 1.04 bits per heavy atom. The lowest BCUT2D eigenvalue weighted by Crippen LogP contribution is -2.34. The fraction of sp³-hybridized carbons (Fsp3) is 0.545. The van der Waals surface area contributed by atoms with E-state index in [-0.39, 0.29) is 12.2 Å². The second-order valence-electron chi connectivity index (χ2n) is 4.29. The van der Waals surface area contributed by atoms with Gasteiger partial charge in [-0.2, -0.15) is 12.6 Å². The first-order valence-electron chi connectivity index (χ1n) is 6.32. The van der Waals surface area contributed by atoms with Crippen molar-refractivity contribution in [2.24, 2.45) is 22.9 Å². The van der Waals surface area contributed by atoms with Crippen LogP contribution in [0.25, 0.3) is 0 Å². The third-order valence-electron chi connectivity index (χ3n) is 1.96. The van der Waals surface area contributed by atoms with Gasteiger partial charge in [-0.05, 0) is 0 Å². The van der Waals surface area contributed by atoms with E-state index in [1.165, 1.54) is 0 Å². The second kappa shape index (κ2) is 15.1. The summed E-state index contributed by atoms with van der Waals surface area (Å²) in [5.41, 5.74) is 19.3. The summed E-state index contributed by atoms with van der Waals surface area (Å²) in [7, 11) is 0. The van der Waals surface area contributed by atoms with E-state index in [0.29, 0.717) is 0 Å². The molecule has 0 aliphatic rings. The van der Waals surface area contributed by atoms with E-state index < -0.39 is 54.3 Å². The summed E-state index contributed by atoms with van der Waals surface area (Å²) in [5.74, 6) is -5.23. The lowest BCUT2D eigenvalue weighted by Gasteiger charge is -1.99. The van der Waals surface area contributed by atoms with E-state index in [4.69, 9.17) is 37.6 Å². The number of carbonyl (C=O) groups is 5. The van der Waals surface area contributed by atoms with Crippen LogP contribution in [0.15, 0.2) is 0 Å². The number of amides is 1. The van der Waals surface area contributed by atoms with E-state index in [1.807, 2.05) is 0 Å². The van der Waals surface area contributed by atoms with Gasteiger partial charge < -0.3 is 43.4 Å². The highest BCUT2D eigenvalue weighted by Gasteiger charge is 2.14. The van der Waals surface area contributed by atoms with Crippen molar-refractivity contribution in [3.63, 3.8) is 0 Å². The summed E-state index contributed by atoms with van der Waals surface area (Å²) in [6.45, 7) is 0. The third-order valence-corrected chi connectivity index (χ3v) is 2.36. The molecule has 146 valence electrons. The maximum atomic E-state index is 9.99. The highest BCUT2D eigenvalue weighted by Crippen LogP contribution is 1.86. The molecule has 0 unspecified atom stereocenters. The van der Waals surface area contributed by atoms with Gasteiger partial charge in [0.25, 0.3) is 0 Å². The van der Waals surface area contributed by atoms with Crippen LogP contribution < -0.4 is 22.9 Å². The standard InChI is InChI=1S/C4H8N2O3.C4H7NO4.C3H7NO2S/c2*5-2(4(8)9)1-3(6)7;4-2(1-7)3(5)6/h2H,1,5H2,(H2,6,7)(H,8,9);2H,1,5H2,(H,6,7)(H,8,9);2,7H,1,4H2,(H,5,6)/t3*2-/m000/s1. The molecule has 0 saturated heterocycles. The van der Waals surface area contributed by atoms with Gasteiger partial charge in [-0.25, -0.2) is 0 Å². The van der Waals surface area contributed by atoms with Crippen molar-refractivity contribution < 1.29 is 44.4 Å². The van der Waals surface area contributed by atoms with Crippen LogP contribution in [0.3, 0.4) is 0 Å². The summed E-state index contributed by atoms with van der Waals surface area (Å²) in [5, 5.41) is 32.1. The van der Waals surface area contributed by atoms with Gasteiger partial charge in [0.1, 0.15) is 18.1 Å². The molecule has 0 fully saturated rings. The molecule has 0 aliphatic heterocycles. The number of nitrogens with two attached hydrogens (primary N) is 4. The molecular weight excluding hydrogens is 364 g/mol. The van der Waals surface area contributed by atoms with Crippen LogP contribution in [0.5, 0.6) is 0 Å². The Morgan fingerprint density at radius 1 is 0.720 bits per heavy atom. The number of carboxylic acids is 4. The average Bonchev–Trinajstić information content (AvgIpc) is 2.45. The van der Waals surface area contributed by atoms with Gasteiger partial charge >= 0.3 is 23.9 Å². The smallest absolute Gasteiger partial charge is 0.321 e. The predicted molar refractivity (Wildman–Crippen MR) is 86.8 cm³/mol. The molecule has 13 nitrogen and oxygen atoms in total. The van der Waals surface area contributed by atoms with E-state index in [2.05, 4.69) is 18.4 Å². The Labute approximate surface area is 147 Å². The molecule has 0 saturated carbocycles. The predicted octanol–water partition coefficient (Wildman–Crippen LogP) is -3.53. The SMILES string of the molecule is NC(=O)C[C@H](N)C(=O)O.N[C@@H](CC(=O)O)C(=O)O.N[C@@H](CS)C(=O)O. The first kappa shape index (κ1) is 27.4. The largest absolute Gasteiger partial charge is 0.481 e. The summed E-state index contributed by atoms with van der Waals surface area (Å²) < 4.78 is 0.